The van der Waals surface area contributed by atoms with Gasteiger partial charge in [0.1, 0.15) is 5.75 Å². The molecule has 0 saturated carbocycles. The van der Waals surface area contributed by atoms with Crippen molar-refractivity contribution in [2.75, 3.05) is 11.5 Å². The van der Waals surface area contributed by atoms with Crippen LogP contribution in [0.15, 0.2) is 24.3 Å². The quantitative estimate of drug-likeness (QED) is 0.622. The number of hydrogen-bond acceptors (Lipinski definition) is 3. The smallest absolute Gasteiger partial charge is 0.428 e. The number of halogens is 4. The topological polar surface area (TPSA) is 43.4 Å². The molecule has 0 amide bonds. The zero-order chi connectivity index (χ0) is 17.7. The van der Waals surface area contributed by atoms with Crippen molar-refractivity contribution in [2.45, 2.75) is 45.1 Å². The minimum Gasteiger partial charge on any atom is -0.428 e. The maximum atomic E-state index is 12.9. The maximum absolute atomic E-state index is 12.9. The Balaban J connectivity index is 2.84. The highest BCUT2D eigenvalue weighted by Crippen LogP contribution is 2.29. The van der Waals surface area contributed by atoms with Crippen molar-refractivity contribution in [3.05, 3.63) is 29.8 Å². The van der Waals surface area contributed by atoms with Crippen molar-refractivity contribution in [3.8, 4) is 5.75 Å². The lowest BCUT2D eigenvalue weighted by Gasteiger charge is -2.18. The number of ether oxygens (including phenoxy) is 1. The predicted octanol–water partition coefficient (Wildman–Crippen LogP) is 4.24. The van der Waals surface area contributed by atoms with Crippen LogP contribution in [-0.2, 0) is 9.84 Å². The number of hydrogen-bond donors (Lipinski definition) is 0. The van der Waals surface area contributed by atoms with Crippen LogP contribution in [0.3, 0.4) is 0 Å². The Morgan fingerprint density at radius 2 is 1.91 bits per heavy atom. The molecule has 0 fully saturated rings. The Kier molecular flexibility index (Phi) is 6.85. The van der Waals surface area contributed by atoms with E-state index in [0.29, 0.717) is 12.0 Å². The van der Waals surface area contributed by atoms with Gasteiger partial charge in [0.25, 0.3) is 0 Å². The first kappa shape index (κ1) is 19.7. The van der Waals surface area contributed by atoms with E-state index in [1.807, 2.05) is 6.92 Å². The second kappa shape index (κ2) is 7.99. The summed E-state index contributed by atoms with van der Waals surface area (Å²) in [6.07, 6.45) is -7.23. The third-order valence-corrected chi connectivity index (χ3v) is 5.17. The van der Waals surface area contributed by atoms with Crippen LogP contribution in [0.5, 0.6) is 5.75 Å². The SMILES string of the molecule is CCCCS(=O)(=O)C[C@H](C)c1cccc(OC(F)(F)C(F)F)c1. The average molecular weight is 356 g/mol. The van der Waals surface area contributed by atoms with Gasteiger partial charge in [-0.2, -0.15) is 17.6 Å². The second-order valence-corrected chi connectivity index (χ2v) is 7.63. The standard InChI is InChI=1S/C15H20F4O3S/c1-3-4-8-23(20,21)10-11(2)12-6-5-7-13(9-12)22-15(18,19)14(16)17/h5-7,9,11,14H,3-4,8,10H2,1-2H3/t11-/m0/s1. The van der Waals surface area contributed by atoms with Gasteiger partial charge < -0.3 is 4.74 Å². The van der Waals surface area contributed by atoms with Crippen LogP contribution in [0.1, 0.15) is 38.2 Å². The zero-order valence-corrected chi connectivity index (χ0v) is 13.8. The molecule has 0 N–H and O–H groups in total. The molecule has 0 aliphatic carbocycles. The molecule has 1 aromatic rings. The van der Waals surface area contributed by atoms with Crippen LogP contribution >= 0.6 is 0 Å². The van der Waals surface area contributed by atoms with E-state index in [0.717, 1.165) is 18.6 Å². The highest BCUT2D eigenvalue weighted by Gasteiger charge is 2.44. The minimum atomic E-state index is -4.59. The van der Waals surface area contributed by atoms with E-state index in [9.17, 15) is 26.0 Å². The Bertz CT molecular complexity index is 602. The van der Waals surface area contributed by atoms with Gasteiger partial charge in [0.2, 0.25) is 0 Å². The fourth-order valence-electron chi connectivity index (χ4n) is 2.01. The summed E-state index contributed by atoms with van der Waals surface area (Å²) in [7, 11) is -3.26. The molecule has 0 bridgehead atoms. The van der Waals surface area contributed by atoms with Crippen LogP contribution in [0, 0.1) is 0 Å². The maximum Gasteiger partial charge on any atom is 0.461 e. The highest BCUT2D eigenvalue weighted by molar-refractivity contribution is 7.91. The van der Waals surface area contributed by atoms with E-state index in [-0.39, 0.29) is 11.5 Å². The Morgan fingerprint density at radius 3 is 2.48 bits per heavy atom. The third-order valence-electron chi connectivity index (χ3n) is 3.25. The van der Waals surface area contributed by atoms with E-state index in [1.54, 1.807) is 13.0 Å². The molecule has 1 aromatic carbocycles. The minimum absolute atomic E-state index is 0.0630. The monoisotopic (exact) mass is 356 g/mol. The molecule has 3 nitrogen and oxygen atoms in total. The third kappa shape index (κ3) is 6.37. The lowest BCUT2D eigenvalue weighted by Crippen LogP contribution is -2.33. The first-order chi connectivity index (χ1) is 10.6. The van der Waals surface area contributed by atoms with Crippen LogP contribution < -0.4 is 4.74 Å². The molecule has 0 radical (unpaired) electrons. The van der Waals surface area contributed by atoms with Crippen molar-refractivity contribution >= 4 is 9.84 Å². The number of alkyl halides is 4. The van der Waals surface area contributed by atoms with E-state index in [2.05, 4.69) is 4.74 Å². The van der Waals surface area contributed by atoms with Gasteiger partial charge in [-0.15, -0.1) is 0 Å². The summed E-state index contributed by atoms with van der Waals surface area (Å²) in [4.78, 5) is 0. The van der Waals surface area contributed by atoms with Gasteiger partial charge >= 0.3 is 12.5 Å². The first-order valence-electron chi connectivity index (χ1n) is 7.22. The summed E-state index contributed by atoms with van der Waals surface area (Å²) < 4.78 is 78.0. The average Bonchev–Trinajstić information content (AvgIpc) is 2.44. The lowest BCUT2D eigenvalue weighted by atomic mass is 10.0. The zero-order valence-electron chi connectivity index (χ0n) is 12.9. The fourth-order valence-corrected chi connectivity index (χ4v) is 3.86. The molecular formula is C15H20F4O3S. The van der Waals surface area contributed by atoms with Crippen molar-refractivity contribution in [3.63, 3.8) is 0 Å². The molecule has 0 aliphatic rings. The van der Waals surface area contributed by atoms with Crippen LogP contribution in [-0.4, -0.2) is 32.5 Å². The molecule has 0 spiro atoms. The van der Waals surface area contributed by atoms with Gasteiger partial charge in [-0.1, -0.05) is 32.4 Å². The number of unbranched alkanes of at least 4 members (excludes halogenated alkanes) is 1. The summed E-state index contributed by atoms with van der Waals surface area (Å²) >= 11 is 0. The molecule has 1 rings (SSSR count). The normalized spacial score (nSPS) is 14.0. The van der Waals surface area contributed by atoms with Crippen LogP contribution in [0.25, 0.3) is 0 Å². The van der Waals surface area contributed by atoms with Gasteiger partial charge in [0, 0.05) is 0 Å². The Labute approximate surface area is 133 Å². The van der Waals surface area contributed by atoms with Crippen molar-refractivity contribution in [1.29, 1.82) is 0 Å². The van der Waals surface area contributed by atoms with E-state index < -0.39 is 34.0 Å². The Morgan fingerprint density at radius 1 is 1.26 bits per heavy atom. The van der Waals surface area contributed by atoms with Gasteiger partial charge in [-0.25, -0.2) is 8.42 Å². The molecule has 0 saturated heterocycles. The largest absolute Gasteiger partial charge is 0.461 e. The van der Waals surface area contributed by atoms with Gasteiger partial charge in [-0.3, -0.25) is 0 Å². The van der Waals surface area contributed by atoms with Gasteiger partial charge in [0.05, 0.1) is 11.5 Å². The summed E-state index contributed by atoms with van der Waals surface area (Å²) in [6, 6.07) is 5.20. The van der Waals surface area contributed by atoms with Crippen molar-refractivity contribution < 1.29 is 30.7 Å². The summed E-state index contributed by atoms with van der Waals surface area (Å²) in [5.74, 6) is -0.957. The molecular weight excluding hydrogens is 336 g/mol. The first-order valence-corrected chi connectivity index (χ1v) is 9.05. The molecule has 23 heavy (non-hydrogen) atoms. The van der Waals surface area contributed by atoms with Crippen LogP contribution in [0.4, 0.5) is 17.6 Å². The van der Waals surface area contributed by atoms with Crippen LogP contribution in [0.2, 0.25) is 0 Å². The number of benzene rings is 1. The predicted molar refractivity (Wildman–Crippen MR) is 80.0 cm³/mol. The van der Waals surface area contributed by atoms with E-state index in [1.165, 1.54) is 6.07 Å². The molecule has 8 heteroatoms. The summed E-state index contributed by atoms with van der Waals surface area (Å²) in [5, 5.41) is 0. The highest BCUT2D eigenvalue weighted by atomic mass is 32.2. The van der Waals surface area contributed by atoms with Crippen molar-refractivity contribution in [2.24, 2.45) is 0 Å². The lowest BCUT2D eigenvalue weighted by molar-refractivity contribution is -0.253. The molecule has 1 atom stereocenters. The fraction of sp³-hybridized carbons (Fsp3) is 0.600. The Hall–Kier alpha value is -1.31. The van der Waals surface area contributed by atoms with Gasteiger partial charge in [-0.05, 0) is 30.0 Å². The van der Waals surface area contributed by atoms with Crippen molar-refractivity contribution in [1.82, 2.24) is 0 Å². The van der Waals surface area contributed by atoms with E-state index >= 15 is 0 Å². The van der Waals surface area contributed by atoms with E-state index in [4.69, 9.17) is 0 Å². The summed E-state index contributed by atoms with van der Waals surface area (Å²) in [5.41, 5.74) is 0.438. The number of rotatable bonds is 9. The molecule has 0 heterocycles. The molecule has 0 aliphatic heterocycles. The molecule has 0 unspecified atom stereocenters. The number of sulfone groups is 1. The summed E-state index contributed by atoms with van der Waals surface area (Å²) in [6.45, 7) is 3.51. The molecule has 0 aromatic heterocycles. The second-order valence-electron chi connectivity index (χ2n) is 5.41. The molecule has 132 valence electrons. The van der Waals surface area contributed by atoms with Gasteiger partial charge in [0.15, 0.2) is 9.84 Å².